The van der Waals surface area contributed by atoms with Crippen LogP contribution in [0.1, 0.15) is 22.7 Å². The Bertz CT molecular complexity index is 325. The van der Waals surface area contributed by atoms with Gasteiger partial charge in [-0.2, -0.15) is 0 Å². The molecule has 5 nitrogen and oxygen atoms in total. The molecule has 0 aliphatic rings. The number of furan rings is 1. The van der Waals surface area contributed by atoms with Crippen molar-refractivity contribution in [1.82, 2.24) is 0 Å². The Hall–Kier alpha value is -1.62. The van der Waals surface area contributed by atoms with Crippen LogP contribution in [0.4, 0.5) is 0 Å². The highest BCUT2D eigenvalue weighted by atomic mass is 16.4. The predicted octanol–water partition coefficient (Wildman–Crippen LogP) is 0.429. The van der Waals surface area contributed by atoms with Crippen molar-refractivity contribution in [2.24, 2.45) is 0 Å². The molecule has 0 fully saturated rings. The molecule has 0 atom stereocenters. The number of aliphatic hydroxyl groups excluding tert-OH is 1. The minimum Gasteiger partial charge on any atom is -0.481 e. The number of carboxylic acids is 1. The molecule has 0 saturated heterocycles. The van der Waals surface area contributed by atoms with Crippen LogP contribution in [0.5, 0.6) is 0 Å². The lowest BCUT2D eigenvalue weighted by Gasteiger charge is -1.91. The van der Waals surface area contributed by atoms with Crippen molar-refractivity contribution in [2.45, 2.75) is 13.0 Å². The number of ketones is 1. The molecular weight excluding hydrogens is 176 g/mol. The van der Waals surface area contributed by atoms with E-state index in [1.165, 1.54) is 12.1 Å². The lowest BCUT2D eigenvalue weighted by molar-refractivity contribution is -0.135. The zero-order chi connectivity index (χ0) is 9.84. The Kier molecular flexibility index (Phi) is 2.81. The van der Waals surface area contributed by atoms with Crippen LogP contribution in [-0.2, 0) is 11.4 Å². The highest BCUT2D eigenvalue weighted by molar-refractivity contribution is 6.03. The molecule has 0 aromatic carbocycles. The number of Topliss-reactive ketones (excluding diaryl/α,β-unsaturated/α-hetero) is 1. The average Bonchev–Trinajstić information content (AvgIpc) is 2.50. The SMILES string of the molecule is O=C(O)CC(=O)c1ccc(CO)o1. The van der Waals surface area contributed by atoms with E-state index < -0.39 is 18.2 Å². The minimum atomic E-state index is -1.20. The maximum Gasteiger partial charge on any atom is 0.311 e. The van der Waals surface area contributed by atoms with E-state index in [1.54, 1.807) is 0 Å². The van der Waals surface area contributed by atoms with E-state index in [0.717, 1.165) is 0 Å². The molecule has 0 bridgehead atoms. The molecule has 0 spiro atoms. The van der Waals surface area contributed by atoms with Crippen molar-refractivity contribution in [1.29, 1.82) is 0 Å². The second-order valence-corrected chi connectivity index (χ2v) is 2.42. The largest absolute Gasteiger partial charge is 0.481 e. The quantitative estimate of drug-likeness (QED) is 0.523. The summed E-state index contributed by atoms with van der Waals surface area (Å²) in [4.78, 5) is 21.2. The number of carbonyl (C=O) groups excluding carboxylic acids is 1. The summed E-state index contributed by atoms with van der Waals surface area (Å²) >= 11 is 0. The van der Waals surface area contributed by atoms with Crippen molar-refractivity contribution in [2.75, 3.05) is 0 Å². The number of hydrogen-bond acceptors (Lipinski definition) is 4. The normalized spacial score (nSPS) is 9.92. The van der Waals surface area contributed by atoms with Gasteiger partial charge in [-0.1, -0.05) is 0 Å². The van der Waals surface area contributed by atoms with Gasteiger partial charge in [-0.3, -0.25) is 9.59 Å². The van der Waals surface area contributed by atoms with Gasteiger partial charge in [0, 0.05) is 0 Å². The van der Waals surface area contributed by atoms with E-state index in [1.807, 2.05) is 0 Å². The van der Waals surface area contributed by atoms with Gasteiger partial charge in [0.15, 0.2) is 5.76 Å². The molecule has 0 amide bonds. The number of carbonyl (C=O) groups is 2. The van der Waals surface area contributed by atoms with Crippen molar-refractivity contribution < 1.29 is 24.2 Å². The zero-order valence-corrected chi connectivity index (χ0v) is 6.69. The first-order chi connectivity index (χ1) is 6.13. The first kappa shape index (κ1) is 9.47. The summed E-state index contributed by atoms with van der Waals surface area (Å²) < 4.78 is 4.83. The van der Waals surface area contributed by atoms with Crippen LogP contribution in [0.15, 0.2) is 16.5 Å². The molecule has 2 N–H and O–H groups in total. The van der Waals surface area contributed by atoms with E-state index in [-0.39, 0.29) is 18.1 Å². The van der Waals surface area contributed by atoms with Gasteiger partial charge in [0.05, 0.1) is 0 Å². The average molecular weight is 184 g/mol. The Morgan fingerprint density at radius 1 is 1.38 bits per heavy atom. The van der Waals surface area contributed by atoms with Crippen molar-refractivity contribution in [3.05, 3.63) is 23.7 Å². The van der Waals surface area contributed by atoms with Gasteiger partial charge in [0.25, 0.3) is 0 Å². The highest BCUT2D eigenvalue weighted by Crippen LogP contribution is 2.09. The van der Waals surface area contributed by atoms with Crippen molar-refractivity contribution >= 4 is 11.8 Å². The fraction of sp³-hybridized carbons (Fsp3) is 0.250. The topological polar surface area (TPSA) is 87.7 Å². The van der Waals surface area contributed by atoms with E-state index in [0.29, 0.717) is 0 Å². The maximum absolute atomic E-state index is 11.0. The Morgan fingerprint density at radius 2 is 2.08 bits per heavy atom. The molecule has 70 valence electrons. The molecule has 0 unspecified atom stereocenters. The molecule has 13 heavy (non-hydrogen) atoms. The summed E-state index contributed by atoms with van der Waals surface area (Å²) in [6, 6.07) is 2.77. The molecular formula is C8H8O5. The third-order valence-corrected chi connectivity index (χ3v) is 1.40. The summed E-state index contributed by atoms with van der Waals surface area (Å²) in [7, 11) is 0. The number of carboxylic acid groups (broad SMARTS) is 1. The van der Waals surface area contributed by atoms with Gasteiger partial charge in [-0.15, -0.1) is 0 Å². The predicted molar refractivity (Wildman–Crippen MR) is 41.2 cm³/mol. The Labute approximate surface area is 73.6 Å². The maximum atomic E-state index is 11.0. The van der Waals surface area contributed by atoms with Gasteiger partial charge in [0.2, 0.25) is 5.78 Å². The smallest absolute Gasteiger partial charge is 0.311 e. The molecule has 0 aliphatic heterocycles. The number of aliphatic carboxylic acids is 1. The summed E-state index contributed by atoms with van der Waals surface area (Å²) in [5.41, 5.74) is 0. The highest BCUT2D eigenvalue weighted by Gasteiger charge is 2.14. The Balaban J connectivity index is 2.71. The number of hydrogen-bond donors (Lipinski definition) is 2. The van der Waals surface area contributed by atoms with Gasteiger partial charge in [-0.05, 0) is 12.1 Å². The van der Waals surface area contributed by atoms with Crippen LogP contribution < -0.4 is 0 Å². The van der Waals surface area contributed by atoms with Crippen LogP contribution in [0.25, 0.3) is 0 Å². The molecule has 1 rings (SSSR count). The standard InChI is InChI=1S/C8H8O5/c9-4-5-1-2-7(13-5)6(10)3-8(11)12/h1-2,9H,3-4H2,(H,11,12). The monoisotopic (exact) mass is 184 g/mol. The Morgan fingerprint density at radius 3 is 2.54 bits per heavy atom. The number of rotatable bonds is 4. The summed E-state index contributed by atoms with van der Waals surface area (Å²) in [5, 5.41) is 16.9. The van der Waals surface area contributed by atoms with Crippen LogP contribution in [0, 0.1) is 0 Å². The van der Waals surface area contributed by atoms with Gasteiger partial charge >= 0.3 is 5.97 Å². The van der Waals surface area contributed by atoms with E-state index >= 15 is 0 Å². The molecule has 1 aromatic heterocycles. The molecule has 0 radical (unpaired) electrons. The van der Waals surface area contributed by atoms with Crippen molar-refractivity contribution in [3.63, 3.8) is 0 Å². The fourth-order valence-electron chi connectivity index (χ4n) is 0.837. The summed E-state index contributed by atoms with van der Waals surface area (Å²) in [6.45, 7) is -0.305. The molecule has 1 aromatic rings. The third-order valence-electron chi connectivity index (χ3n) is 1.40. The van der Waals surface area contributed by atoms with Crippen LogP contribution >= 0.6 is 0 Å². The second kappa shape index (κ2) is 3.86. The molecule has 0 saturated carbocycles. The molecule has 1 heterocycles. The van der Waals surface area contributed by atoms with Crippen LogP contribution in [-0.4, -0.2) is 22.0 Å². The summed E-state index contributed by atoms with van der Waals surface area (Å²) in [5.74, 6) is -1.60. The number of aliphatic hydroxyl groups is 1. The van der Waals surface area contributed by atoms with E-state index in [9.17, 15) is 9.59 Å². The van der Waals surface area contributed by atoms with Crippen LogP contribution in [0.3, 0.4) is 0 Å². The minimum absolute atomic E-state index is 0.0357. The van der Waals surface area contributed by atoms with Crippen molar-refractivity contribution in [3.8, 4) is 0 Å². The second-order valence-electron chi connectivity index (χ2n) is 2.42. The lowest BCUT2D eigenvalue weighted by atomic mass is 10.2. The summed E-state index contributed by atoms with van der Waals surface area (Å²) in [6.07, 6.45) is -0.599. The van der Waals surface area contributed by atoms with Gasteiger partial charge in [0.1, 0.15) is 18.8 Å². The van der Waals surface area contributed by atoms with E-state index in [2.05, 4.69) is 0 Å². The van der Waals surface area contributed by atoms with Crippen LogP contribution in [0.2, 0.25) is 0 Å². The zero-order valence-electron chi connectivity index (χ0n) is 6.69. The first-order valence-electron chi connectivity index (χ1n) is 3.58. The van der Waals surface area contributed by atoms with E-state index in [4.69, 9.17) is 14.6 Å². The van der Waals surface area contributed by atoms with Gasteiger partial charge in [-0.25, -0.2) is 0 Å². The fourth-order valence-corrected chi connectivity index (χ4v) is 0.837. The molecule has 0 aliphatic carbocycles. The first-order valence-corrected chi connectivity index (χ1v) is 3.58. The third kappa shape index (κ3) is 2.41. The molecule has 5 heteroatoms. The lowest BCUT2D eigenvalue weighted by Crippen LogP contribution is -2.05. The van der Waals surface area contributed by atoms with Gasteiger partial charge < -0.3 is 14.6 Å².